The lowest BCUT2D eigenvalue weighted by Gasteiger charge is -2.14. The molecule has 4 aromatic rings. The van der Waals surface area contributed by atoms with E-state index in [-0.39, 0.29) is 0 Å². The summed E-state index contributed by atoms with van der Waals surface area (Å²) in [7, 11) is 0. The zero-order valence-corrected chi connectivity index (χ0v) is 18.1. The highest BCUT2D eigenvalue weighted by Crippen LogP contribution is 2.27. The minimum absolute atomic E-state index is 0.780. The first-order chi connectivity index (χ1) is 14.8. The topological polar surface area (TPSA) is 51.4 Å². The number of para-hydroxylation sites is 1. The molecular formula is C25H29N3OS. The lowest BCUT2D eigenvalue weighted by Crippen LogP contribution is -2.31. The molecule has 0 spiro atoms. The van der Waals surface area contributed by atoms with E-state index in [2.05, 4.69) is 53.5 Å². The third kappa shape index (κ3) is 5.29. The average Bonchev–Trinajstić information content (AvgIpc) is 3.22. The highest BCUT2D eigenvalue weighted by molar-refractivity contribution is 7.22. The fraction of sp³-hybridized carbons (Fsp3) is 0.320. The molecule has 0 unspecified atom stereocenters. The molecule has 0 aliphatic rings. The average molecular weight is 420 g/mol. The Morgan fingerprint density at radius 2 is 1.53 bits per heavy atom. The van der Waals surface area contributed by atoms with Crippen LogP contribution in [0.3, 0.4) is 0 Å². The van der Waals surface area contributed by atoms with Gasteiger partial charge in [-0.1, -0.05) is 85.6 Å². The van der Waals surface area contributed by atoms with E-state index in [0.29, 0.717) is 0 Å². The van der Waals surface area contributed by atoms with Crippen LogP contribution in [0.15, 0.2) is 66.7 Å². The van der Waals surface area contributed by atoms with Gasteiger partial charge in [-0.25, -0.2) is 10.8 Å². The van der Waals surface area contributed by atoms with Gasteiger partial charge in [0.1, 0.15) is 5.75 Å². The molecule has 0 saturated heterocycles. The molecule has 3 aromatic carbocycles. The summed E-state index contributed by atoms with van der Waals surface area (Å²) in [6.45, 7) is 1.63. The first-order valence-corrected chi connectivity index (χ1v) is 11.6. The van der Waals surface area contributed by atoms with Gasteiger partial charge in [-0.15, -0.1) is 0 Å². The Balaban J connectivity index is 1.09. The standard InChI is InChI=1S/C25H29N3OS/c26-28(25-27-22-15-7-8-17-24(22)30-25)18-9-3-1-2-4-10-19-29-23-16-11-13-20-12-5-6-14-21(20)23/h5-8,11-17H,1-4,9-10,18-19,26H2. The summed E-state index contributed by atoms with van der Waals surface area (Å²) >= 11 is 1.66. The fourth-order valence-electron chi connectivity index (χ4n) is 3.67. The number of rotatable bonds is 11. The Labute approximate surface area is 182 Å². The second-order valence-electron chi connectivity index (χ2n) is 7.60. The van der Waals surface area contributed by atoms with Crippen LogP contribution in [0.25, 0.3) is 21.0 Å². The molecule has 2 N–H and O–H groups in total. The van der Waals surface area contributed by atoms with E-state index >= 15 is 0 Å². The van der Waals surface area contributed by atoms with Crippen molar-refractivity contribution >= 4 is 37.5 Å². The minimum Gasteiger partial charge on any atom is -0.493 e. The van der Waals surface area contributed by atoms with Crippen LogP contribution in [0.1, 0.15) is 38.5 Å². The summed E-state index contributed by atoms with van der Waals surface area (Å²) in [5, 5.41) is 5.12. The van der Waals surface area contributed by atoms with Crippen LogP contribution in [0.2, 0.25) is 0 Å². The van der Waals surface area contributed by atoms with Crippen molar-refractivity contribution in [3.63, 3.8) is 0 Å². The molecule has 1 heterocycles. The number of hydrogen-bond acceptors (Lipinski definition) is 5. The Morgan fingerprint density at radius 3 is 2.43 bits per heavy atom. The highest BCUT2D eigenvalue weighted by atomic mass is 32.1. The summed E-state index contributed by atoms with van der Waals surface area (Å²) in [6, 6.07) is 22.8. The summed E-state index contributed by atoms with van der Waals surface area (Å²) in [6.07, 6.45) is 7.07. The van der Waals surface area contributed by atoms with E-state index in [1.165, 1.54) is 41.2 Å². The lowest BCUT2D eigenvalue weighted by atomic mass is 10.1. The highest BCUT2D eigenvalue weighted by Gasteiger charge is 2.08. The van der Waals surface area contributed by atoms with Crippen LogP contribution in [0.5, 0.6) is 5.75 Å². The molecule has 4 rings (SSSR count). The van der Waals surface area contributed by atoms with Gasteiger partial charge in [-0.3, -0.25) is 5.01 Å². The summed E-state index contributed by atoms with van der Waals surface area (Å²) in [5.74, 6) is 7.19. The second kappa shape index (κ2) is 10.4. The van der Waals surface area contributed by atoms with Gasteiger partial charge in [-0.2, -0.15) is 0 Å². The molecule has 0 fully saturated rings. The molecule has 1 aromatic heterocycles. The number of hydrazine groups is 1. The van der Waals surface area contributed by atoms with Gasteiger partial charge < -0.3 is 4.74 Å². The molecule has 4 nitrogen and oxygen atoms in total. The number of benzene rings is 3. The van der Waals surface area contributed by atoms with E-state index < -0.39 is 0 Å². The fourth-order valence-corrected chi connectivity index (χ4v) is 4.59. The lowest BCUT2D eigenvalue weighted by molar-refractivity contribution is 0.308. The molecule has 5 heteroatoms. The number of nitrogens with zero attached hydrogens (tertiary/aromatic N) is 2. The van der Waals surface area contributed by atoms with Gasteiger partial charge in [0.15, 0.2) is 0 Å². The van der Waals surface area contributed by atoms with E-state index in [4.69, 9.17) is 10.6 Å². The molecular weight excluding hydrogens is 390 g/mol. The number of aromatic nitrogens is 1. The smallest absolute Gasteiger partial charge is 0.200 e. The Bertz CT molecular complexity index is 1040. The van der Waals surface area contributed by atoms with Crippen molar-refractivity contribution in [2.45, 2.75) is 38.5 Å². The van der Waals surface area contributed by atoms with Crippen LogP contribution in [-0.4, -0.2) is 18.1 Å². The van der Waals surface area contributed by atoms with Crippen LogP contribution in [0.4, 0.5) is 5.13 Å². The van der Waals surface area contributed by atoms with Crippen molar-refractivity contribution in [1.82, 2.24) is 4.98 Å². The Hall–Kier alpha value is -2.63. The summed E-state index contributed by atoms with van der Waals surface area (Å²) in [5.41, 5.74) is 1.03. The number of fused-ring (bicyclic) bond motifs is 2. The number of hydrogen-bond donors (Lipinski definition) is 1. The van der Waals surface area contributed by atoms with Crippen LogP contribution < -0.4 is 15.6 Å². The minimum atomic E-state index is 0.780. The zero-order chi connectivity index (χ0) is 20.6. The van der Waals surface area contributed by atoms with Gasteiger partial charge in [0, 0.05) is 11.9 Å². The predicted molar refractivity (Wildman–Crippen MR) is 128 cm³/mol. The first kappa shape index (κ1) is 20.6. The largest absolute Gasteiger partial charge is 0.493 e. The zero-order valence-electron chi connectivity index (χ0n) is 17.3. The monoisotopic (exact) mass is 419 g/mol. The number of nitrogens with two attached hydrogens (primary N) is 1. The molecule has 0 bridgehead atoms. The maximum absolute atomic E-state index is 6.20. The van der Waals surface area contributed by atoms with Gasteiger partial charge in [0.25, 0.3) is 0 Å². The van der Waals surface area contributed by atoms with Crippen molar-refractivity contribution < 1.29 is 4.74 Å². The molecule has 0 atom stereocenters. The van der Waals surface area contributed by atoms with Crippen LogP contribution >= 0.6 is 11.3 Å². The number of ether oxygens (including phenoxy) is 1. The maximum atomic E-state index is 6.20. The Morgan fingerprint density at radius 1 is 0.800 bits per heavy atom. The molecule has 30 heavy (non-hydrogen) atoms. The van der Waals surface area contributed by atoms with Gasteiger partial charge in [0.2, 0.25) is 5.13 Å². The van der Waals surface area contributed by atoms with E-state index in [0.717, 1.165) is 42.4 Å². The van der Waals surface area contributed by atoms with E-state index in [1.807, 2.05) is 18.2 Å². The van der Waals surface area contributed by atoms with Crippen molar-refractivity contribution in [3.05, 3.63) is 66.7 Å². The third-order valence-electron chi connectivity index (χ3n) is 5.33. The molecule has 0 aliphatic heterocycles. The quantitative estimate of drug-likeness (QED) is 0.170. The van der Waals surface area contributed by atoms with Crippen molar-refractivity contribution in [2.24, 2.45) is 5.84 Å². The summed E-state index contributed by atoms with van der Waals surface area (Å²) < 4.78 is 7.21. The number of thiazole rings is 1. The SMILES string of the molecule is NN(CCCCCCCCOc1cccc2ccccc12)c1nc2ccccc2s1. The van der Waals surface area contributed by atoms with Crippen molar-refractivity contribution in [1.29, 1.82) is 0 Å². The van der Waals surface area contributed by atoms with E-state index in [9.17, 15) is 0 Å². The van der Waals surface area contributed by atoms with Gasteiger partial charge in [0.05, 0.1) is 16.8 Å². The second-order valence-corrected chi connectivity index (χ2v) is 8.61. The van der Waals surface area contributed by atoms with Gasteiger partial charge >= 0.3 is 0 Å². The van der Waals surface area contributed by atoms with Gasteiger partial charge in [-0.05, 0) is 36.4 Å². The van der Waals surface area contributed by atoms with Crippen LogP contribution in [-0.2, 0) is 0 Å². The summed E-state index contributed by atoms with van der Waals surface area (Å²) in [4.78, 5) is 4.61. The Kier molecular flexibility index (Phi) is 7.16. The maximum Gasteiger partial charge on any atom is 0.200 e. The molecule has 0 aliphatic carbocycles. The van der Waals surface area contributed by atoms with E-state index in [1.54, 1.807) is 16.3 Å². The molecule has 0 saturated carbocycles. The third-order valence-corrected chi connectivity index (χ3v) is 6.40. The molecule has 0 radical (unpaired) electrons. The predicted octanol–water partition coefficient (Wildman–Crippen LogP) is 6.55. The number of unbranched alkanes of at least 4 members (excludes halogenated alkanes) is 5. The van der Waals surface area contributed by atoms with Crippen molar-refractivity contribution in [2.75, 3.05) is 18.2 Å². The van der Waals surface area contributed by atoms with Crippen LogP contribution in [0, 0.1) is 0 Å². The number of anilines is 1. The first-order valence-electron chi connectivity index (χ1n) is 10.8. The molecule has 0 amide bonds. The van der Waals surface area contributed by atoms with Crippen molar-refractivity contribution in [3.8, 4) is 5.75 Å². The normalized spacial score (nSPS) is 11.2. The molecule has 156 valence electrons.